The summed E-state index contributed by atoms with van der Waals surface area (Å²) in [5.41, 5.74) is 5.39. The van der Waals surface area contributed by atoms with Gasteiger partial charge < -0.3 is 15.8 Å². The molecule has 0 aliphatic rings. The van der Waals surface area contributed by atoms with Crippen molar-refractivity contribution in [2.24, 2.45) is 5.73 Å². The molecule has 17 heavy (non-hydrogen) atoms. The third-order valence-electron chi connectivity index (χ3n) is 2.08. The van der Waals surface area contributed by atoms with Gasteiger partial charge >= 0.3 is 0 Å². The fraction of sp³-hybridized carbons (Fsp3) is 0.545. The van der Waals surface area contributed by atoms with E-state index in [9.17, 15) is 4.79 Å². The molecule has 1 amide bonds. The van der Waals surface area contributed by atoms with Gasteiger partial charge in [-0.3, -0.25) is 4.79 Å². The van der Waals surface area contributed by atoms with E-state index in [4.69, 9.17) is 10.5 Å². The highest BCUT2D eigenvalue weighted by molar-refractivity contribution is 9.10. The van der Waals surface area contributed by atoms with Crippen LogP contribution >= 0.6 is 27.3 Å². The van der Waals surface area contributed by atoms with Gasteiger partial charge in [0.1, 0.15) is 4.88 Å². The van der Waals surface area contributed by atoms with E-state index in [-0.39, 0.29) is 5.91 Å². The monoisotopic (exact) mass is 320 g/mol. The number of ether oxygens (including phenoxy) is 1. The lowest BCUT2D eigenvalue weighted by Crippen LogP contribution is -2.45. The Hall–Kier alpha value is -0.590. The summed E-state index contributed by atoms with van der Waals surface area (Å²) >= 11 is 4.80. The lowest BCUT2D eigenvalue weighted by Gasteiger charge is -2.18. The van der Waals surface area contributed by atoms with Crippen LogP contribution in [-0.4, -0.2) is 25.1 Å². The van der Waals surface area contributed by atoms with Crippen molar-refractivity contribution in [1.29, 1.82) is 0 Å². The van der Waals surface area contributed by atoms with Crippen LogP contribution in [-0.2, 0) is 0 Å². The minimum Gasteiger partial charge on any atom is -0.494 e. The average Bonchev–Trinajstić information content (AvgIpc) is 2.51. The van der Waals surface area contributed by atoms with E-state index in [1.165, 1.54) is 11.3 Å². The highest BCUT2D eigenvalue weighted by Gasteiger charge is 2.21. The maximum Gasteiger partial charge on any atom is 0.265 e. The molecule has 4 nitrogen and oxygen atoms in total. The largest absolute Gasteiger partial charge is 0.494 e. The van der Waals surface area contributed by atoms with Crippen LogP contribution in [0.2, 0.25) is 0 Å². The highest BCUT2D eigenvalue weighted by Crippen LogP contribution is 2.38. The fourth-order valence-corrected chi connectivity index (χ4v) is 2.89. The van der Waals surface area contributed by atoms with E-state index < -0.39 is 5.54 Å². The second-order valence-electron chi connectivity index (χ2n) is 4.51. The summed E-state index contributed by atoms with van der Waals surface area (Å²) in [7, 11) is 1.55. The number of nitrogens with two attached hydrogens (primary N) is 1. The second-order valence-corrected chi connectivity index (χ2v) is 6.52. The number of rotatable bonds is 4. The molecule has 0 aliphatic heterocycles. The first kappa shape index (κ1) is 14.5. The van der Waals surface area contributed by atoms with Gasteiger partial charge in [-0.2, -0.15) is 0 Å². The molecule has 3 N–H and O–H groups in total. The molecule has 0 aliphatic carbocycles. The first-order chi connectivity index (χ1) is 7.76. The zero-order valence-electron chi connectivity index (χ0n) is 10.4. The summed E-state index contributed by atoms with van der Waals surface area (Å²) in [6, 6.07) is 0. The summed E-state index contributed by atoms with van der Waals surface area (Å²) < 4.78 is 6.06. The average molecular weight is 321 g/mol. The molecule has 1 rings (SSSR count). The standard InChI is InChI=1S/C11H17BrN2O2S/c1-6-7(12)8(16-4)9(17-6)10(15)14-5-11(2,3)13/h5,13H2,1-4H3,(H,14,15). The van der Waals surface area contributed by atoms with E-state index in [0.29, 0.717) is 17.2 Å². The number of nitrogens with one attached hydrogen (secondary N) is 1. The topological polar surface area (TPSA) is 64.3 Å². The minimum absolute atomic E-state index is 0.154. The second kappa shape index (κ2) is 5.37. The van der Waals surface area contributed by atoms with Crippen LogP contribution in [0.15, 0.2) is 4.47 Å². The van der Waals surface area contributed by atoms with Crippen molar-refractivity contribution < 1.29 is 9.53 Å². The Balaban J connectivity index is 2.86. The predicted molar refractivity (Wildman–Crippen MR) is 73.9 cm³/mol. The Bertz CT molecular complexity index is 424. The fourth-order valence-electron chi connectivity index (χ4n) is 1.22. The van der Waals surface area contributed by atoms with Gasteiger partial charge in [0.15, 0.2) is 5.75 Å². The summed E-state index contributed by atoms with van der Waals surface area (Å²) in [5, 5.41) is 2.80. The van der Waals surface area contributed by atoms with E-state index in [1.807, 2.05) is 20.8 Å². The minimum atomic E-state index is -0.424. The molecule has 6 heteroatoms. The number of aryl methyl sites for hydroxylation is 1. The Labute approximate surface area is 114 Å². The van der Waals surface area contributed by atoms with Crippen molar-refractivity contribution >= 4 is 33.2 Å². The molecular formula is C11H17BrN2O2S. The zero-order valence-corrected chi connectivity index (χ0v) is 12.8. The Morgan fingerprint density at radius 2 is 2.18 bits per heavy atom. The van der Waals surface area contributed by atoms with Crippen molar-refractivity contribution in [2.45, 2.75) is 26.3 Å². The third kappa shape index (κ3) is 3.69. The van der Waals surface area contributed by atoms with Gasteiger partial charge in [0.2, 0.25) is 0 Å². The van der Waals surface area contributed by atoms with E-state index >= 15 is 0 Å². The van der Waals surface area contributed by atoms with Crippen LogP contribution < -0.4 is 15.8 Å². The van der Waals surface area contributed by atoms with E-state index in [2.05, 4.69) is 21.2 Å². The highest BCUT2D eigenvalue weighted by atomic mass is 79.9. The van der Waals surface area contributed by atoms with Crippen LogP contribution in [0.5, 0.6) is 5.75 Å². The molecular weight excluding hydrogens is 304 g/mol. The van der Waals surface area contributed by atoms with E-state index in [1.54, 1.807) is 7.11 Å². The number of halogens is 1. The number of amides is 1. The molecule has 1 aromatic heterocycles. The maximum absolute atomic E-state index is 12.0. The van der Waals surface area contributed by atoms with Crippen LogP contribution in [0, 0.1) is 6.92 Å². The molecule has 0 aromatic carbocycles. The number of hydrogen-bond donors (Lipinski definition) is 2. The number of carbonyl (C=O) groups excluding carboxylic acids is 1. The van der Waals surface area contributed by atoms with Gasteiger partial charge in [0.05, 0.1) is 11.6 Å². The molecule has 0 atom stereocenters. The number of thiophene rings is 1. The smallest absolute Gasteiger partial charge is 0.265 e. The van der Waals surface area contributed by atoms with E-state index in [0.717, 1.165) is 9.35 Å². The molecule has 0 bridgehead atoms. The first-order valence-electron chi connectivity index (χ1n) is 5.16. The number of methoxy groups -OCH3 is 1. The lowest BCUT2D eigenvalue weighted by atomic mass is 10.1. The van der Waals surface area contributed by atoms with Crippen LogP contribution in [0.25, 0.3) is 0 Å². The molecule has 0 fully saturated rings. The molecule has 0 spiro atoms. The molecule has 0 unspecified atom stereocenters. The van der Waals surface area contributed by atoms with Gasteiger partial charge in [-0.15, -0.1) is 11.3 Å². The Morgan fingerprint density at radius 1 is 1.59 bits per heavy atom. The van der Waals surface area contributed by atoms with Crippen molar-refractivity contribution in [3.8, 4) is 5.75 Å². The van der Waals surface area contributed by atoms with Gasteiger partial charge in [0, 0.05) is 17.0 Å². The van der Waals surface area contributed by atoms with Gasteiger partial charge in [-0.25, -0.2) is 0 Å². The molecule has 0 radical (unpaired) electrons. The molecule has 96 valence electrons. The summed E-state index contributed by atoms with van der Waals surface area (Å²) in [4.78, 5) is 13.6. The SMILES string of the molecule is COc1c(C(=O)NCC(C)(C)N)sc(C)c1Br. The van der Waals surface area contributed by atoms with Crippen molar-refractivity contribution in [2.75, 3.05) is 13.7 Å². The van der Waals surface area contributed by atoms with Crippen molar-refractivity contribution in [1.82, 2.24) is 5.32 Å². The van der Waals surface area contributed by atoms with Gasteiger partial charge in [0.25, 0.3) is 5.91 Å². The van der Waals surface area contributed by atoms with Crippen LogP contribution in [0.4, 0.5) is 0 Å². The van der Waals surface area contributed by atoms with Crippen molar-refractivity contribution in [3.63, 3.8) is 0 Å². The Kier molecular flexibility index (Phi) is 4.57. The normalized spacial score (nSPS) is 11.4. The number of carbonyl (C=O) groups is 1. The predicted octanol–water partition coefficient (Wildman–Crippen LogP) is 2.29. The quantitative estimate of drug-likeness (QED) is 0.894. The van der Waals surface area contributed by atoms with Crippen LogP contribution in [0.3, 0.4) is 0 Å². The molecule has 0 saturated carbocycles. The first-order valence-corrected chi connectivity index (χ1v) is 6.77. The van der Waals surface area contributed by atoms with Crippen LogP contribution in [0.1, 0.15) is 28.4 Å². The molecule has 0 saturated heterocycles. The molecule has 1 heterocycles. The summed E-state index contributed by atoms with van der Waals surface area (Å²) in [5.74, 6) is 0.430. The summed E-state index contributed by atoms with van der Waals surface area (Å²) in [6.45, 7) is 6.07. The summed E-state index contributed by atoms with van der Waals surface area (Å²) in [6.07, 6.45) is 0. The number of hydrogen-bond acceptors (Lipinski definition) is 4. The third-order valence-corrected chi connectivity index (χ3v) is 4.39. The zero-order chi connectivity index (χ0) is 13.2. The van der Waals surface area contributed by atoms with Crippen molar-refractivity contribution in [3.05, 3.63) is 14.2 Å². The van der Waals surface area contributed by atoms with Gasteiger partial charge in [-0.05, 0) is 36.7 Å². The lowest BCUT2D eigenvalue weighted by molar-refractivity contribution is 0.0947. The Morgan fingerprint density at radius 3 is 2.65 bits per heavy atom. The maximum atomic E-state index is 12.0. The van der Waals surface area contributed by atoms with Gasteiger partial charge in [-0.1, -0.05) is 0 Å². The molecule has 1 aromatic rings.